The number of benzene rings is 3. The van der Waals surface area contributed by atoms with Gasteiger partial charge in [-0.1, -0.05) is 41.9 Å². The summed E-state index contributed by atoms with van der Waals surface area (Å²) >= 11 is 6.15. The highest BCUT2D eigenvalue weighted by molar-refractivity contribution is 7.82. The standard InChI is InChI=1S/C31H35ClFN3O3S/c1-22-21-34(31(37)27-10-8-25(33)19-28(27)32)16-17-36(22)29-20-26(9-11-30(29)39-2)40(38)35-14-12-24(13-15-35)18-23-6-4-3-5-7-23/h3-11,19-20,22,24H,12-18,21H2,1-2H3. The third-order valence-corrected chi connectivity index (χ3v) is 9.72. The Morgan fingerprint density at radius 2 is 1.77 bits per heavy atom. The molecule has 2 saturated heterocycles. The van der Waals surface area contributed by atoms with Gasteiger partial charge in [0.25, 0.3) is 5.91 Å². The van der Waals surface area contributed by atoms with E-state index in [0.29, 0.717) is 36.9 Å². The number of amides is 1. The van der Waals surface area contributed by atoms with Gasteiger partial charge >= 0.3 is 0 Å². The summed E-state index contributed by atoms with van der Waals surface area (Å²) in [6.07, 6.45) is 3.11. The quantitative estimate of drug-likeness (QED) is 0.352. The van der Waals surface area contributed by atoms with Crippen LogP contribution in [0.1, 0.15) is 35.7 Å². The van der Waals surface area contributed by atoms with Crippen molar-refractivity contribution in [3.05, 3.63) is 88.7 Å². The van der Waals surface area contributed by atoms with E-state index in [1.807, 2.05) is 31.2 Å². The Morgan fingerprint density at radius 1 is 1.02 bits per heavy atom. The second-order valence-electron chi connectivity index (χ2n) is 10.6. The molecule has 2 unspecified atom stereocenters. The van der Waals surface area contributed by atoms with Crippen LogP contribution in [0.25, 0.3) is 0 Å². The number of halogens is 2. The molecule has 0 aromatic heterocycles. The zero-order valence-corrected chi connectivity index (χ0v) is 24.5. The van der Waals surface area contributed by atoms with E-state index in [0.717, 1.165) is 49.0 Å². The number of hydrogen-bond acceptors (Lipinski definition) is 4. The van der Waals surface area contributed by atoms with Crippen molar-refractivity contribution in [3.8, 4) is 5.75 Å². The zero-order chi connectivity index (χ0) is 28.2. The van der Waals surface area contributed by atoms with E-state index in [2.05, 4.69) is 33.5 Å². The molecule has 212 valence electrons. The lowest BCUT2D eigenvalue weighted by molar-refractivity contribution is 0.0726. The van der Waals surface area contributed by atoms with Gasteiger partial charge in [-0.3, -0.25) is 4.79 Å². The monoisotopic (exact) mass is 583 g/mol. The topological polar surface area (TPSA) is 53.1 Å². The molecule has 3 aromatic carbocycles. The largest absolute Gasteiger partial charge is 0.495 e. The number of anilines is 1. The van der Waals surface area contributed by atoms with Crippen molar-refractivity contribution in [1.82, 2.24) is 9.21 Å². The highest BCUT2D eigenvalue weighted by Gasteiger charge is 2.31. The van der Waals surface area contributed by atoms with E-state index in [1.165, 1.54) is 17.7 Å². The van der Waals surface area contributed by atoms with Crippen LogP contribution in [0.3, 0.4) is 0 Å². The molecule has 2 atom stereocenters. The summed E-state index contributed by atoms with van der Waals surface area (Å²) in [7, 11) is 0.363. The van der Waals surface area contributed by atoms with E-state index in [1.54, 1.807) is 12.0 Å². The fourth-order valence-electron chi connectivity index (χ4n) is 5.71. The van der Waals surface area contributed by atoms with Crippen molar-refractivity contribution in [2.45, 2.75) is 37.1 Å². The van der Waals surface area contributed by atoms with Crippen LogP contribution in [0, 0.1) is 11.7 Å². The smallest absolute Gasteiger partial charge is 0.255 e. The summed E-state index contributed by atoms with van der Waals surface area (Å²) in [5, 5.41) is 0.112. The van der Waals surface area contributed by atoms with Crippen molar-refractivity contribution in [2.75, 3.05) is 44.7 Å². The third-order valence-electron chi connectivity index (χ3n) is 7.91. The molecule has 40 heavy (non-hydrogen) atoms. The first-order valence-corrected chi connectivity index (χ1v) is 15.2. The maximum atomic E-state index is 13.6. The molecule has 0 aliphatic carbocycles. The Morgan fingerprint density at radius 3 is 2.45 bits per heavy atom. The average molecular weight is 584 g/mol. The molecule has 0 bridgehead atoms. The van der Waals surface area contributed by atoms with Crippen LogP contribution < -0.4 is 9.64 Å². The predicted octanol–water partition coefficient (Wildman–Crippen LogP) is 5.82. The van der Waals surface area contributed by atoms with E-state index in [9.17, 15) is 13.4 Å². The Kier molecular flexibility index (Phi) is 9.08. The summed E-state index contributed by atoms with van der Waals surface area (Å²) in [5.74, 6) is 0.622. The number of rotatable bonds is 7. The van der Waals surface area contributed by atoms with Crippen LogP contribution in [0.15, 0.2) is 71.6 Å². The number of carbonyl (C=O) groups is 1. The summed E-state index contributed by atoms with van der Waals surface area (Å²) < 4.78 is 34.8. The maximum Gasteiger partial charge on any atom is 0.255 e. The number of nitrogens with zero attached hydrogens (tertiary/aromatic N) is 3. The van der Waals surface area contributed by atoms with E-state index >= 15 is 0 Å². The molecule has 2 aliphatic rings. The lowest BCUT2D eigenvalue weighted by Crippen LogP contribution is -2.54. The molecule has 3 aromatic rings. The van der Waals surface area contributed by atoms with Crippen LogP contribution in [-0.2, 0) is 17.4 Å². The van der Waals surface area contributed by atoms with Crippen molar-refractivity contribution >= 4 is 34.2 Å². The molecule has 0 radical (unpaired) electrons. The minimum atomic E-state index is -1.27. The molecule has 2 fully saturated rings. The molecule has 5 rings (SSSR count). The second-order valence-corrected chi connectivity index (χ2v) is 12.5. The number of methoxy groups -OCH3 is 1. The van der Waals surface area contributed by atoms with Gasteiger partial charge in [-0.2, -0.15) is 0 Å². The van der Waals surface area contributed by atoms with E-state index in [-0.39, 0.29) is 17.0 Å². The Balaban J connectivity index is 1.25. The fourth-order valence-corrected chi connectivity index (χ4v) is 7.20. The molecular formula is C31H35ClFN3O3S. The number of ether oxygens (including phenoxy) is 1. The highest BCUT2D eigenvalue weighted by atomic mass is 35.5. The number of hydrogen-bond donors (Lipinski definition) is 0. The molecule has 2 aliphatic heterocycles. The maximum absolute atomic E-state index is 13.6. The fraction of sp³-hybridized carbons (Fsp3) is 0.387. The van der Waals surface area contributed by atoms with Gasteiger partial charge in [-0.25, -0.2) is 12.9 Å². The first-order chi connectivity index (χ1) is 19.3. The van der Waals surface area contributed by atoms with E-state index in [4.69, 9.17) is 16.3 Å². The van der Waals surface area contributed by atoms with Gasteiger partial charge in [-0.15, -0.1) is 0 Å². The first kappa shape index (κ1) is 28.6. The molecule has 2 heterocycles. The van der Waals surface area contributed by atoms with Crippen molar-refractivity contribution < 1.29 is 18.1 Å². The summed E-state index contributed by atoms with van der Waals surface area (Å²) in [4.78, 5) is 17.8. The van der Waals surface area contributed by atoms with Gasteiger partial charge < -0.3 is 14.5 Å². The van der Waals surface area contributed by atoms with Crippen molar-refractivity contribution in [3.63, 3.8) is 0 Å². The summed E-state index contributed by atoms with van der Waals surface area (Å²) in [6.45, 7) is 5.17. The minimum absolute atomic E-state index is 0.0248. The average Bonchev–Trinajstić information content (AvgIpc) is 2.97. The molecular weight excluding hydrogens is 549 g/mol. The Bertz CT molecular complexity index is 1370. The Hall–Kier alpha value is -2.94. The molecule has 6 nitrogen and oxygen atoms in total. The summed E-state index contributed by atoms with van der Waals surface area (Å²) in [6, 6.07) is 20.1. The lowest BCUT2D eigenvalue weighted by Gasteiger charge is -2.42. The Labute approximate surface area is 243 Å². The third kappa shape index (κ3) is 6.35. The normalized spacial score (nSPS) is 19.4. The molecule has 0 saturated carbocycles. The van der Waals surface area contributed by atoms with Crippen LogP contribution in [-0.4, -0.2) is 65.2 Å². The van der Waals surface area contributed by atoms with Gasteiger partial charge in [0.05, 0.1) is 28.3 Å². The van der Waals surface area contributed by atoms with Crippen molar-refractivity contribution in [1.29, 1.82) is 0 Å². The van der Waals surface area contributed by atoms with Crippen molar-refractivity contribution in [2.24, 2.45) is 5.92 Å². The first-order valence-electron chi connectivity index (χ1n) is 13.7. The van der Waals surface area contributed by atoms with Crippen LogP contribution in [0.2, 0.25) is 5.02 Å². The van der Waals surface area contributed by atoms with Crippen LogP contribution in [0.5, 0.6) is 5.75 Å². The SMILES string of the molecule is COc1ccc(S(=O)N2CCC(Cc3ccccc3)CC2)cc1N1CCN(C(=O)c2ccc(F)cc2Cl)CC1C. The van der Waals surface area contributed by atoms with Crippen LogP contribution in [0.4, 0.5) is 10.1 Å². The van der Waals surface area contributed by atoms with Gasteiger partial charge in [-0.05, 0) is 74.1 Å². The molecule has 0 N–H and O–H groups in total. The van der Waals surface area contributed by atoms with Gasteiger partial charge in [0.15, 0.2) is 0 Å². The van der Waals surface area contributed by atoms with Gasteiger partial charge in [0.1, 0.15) is 22.6 Å². The predicted molar refractivity (Wildman–Crippen MR) is 158 cm³/mol. The molecule has 1 amide bonds. The number of piperidine rings is 1. The summed E-state index contributed by atoms with van der Waals surface area (Å²) in [5.41, 5.74) is 2.52. The lowest BCUT2D eigenvalue weighted by atomic mass is 9.91. The number of carbonyl (C=O) groups excluding carboxylic acids is 1. The number of piperazine rings is 1. The van der Waals surface area contributed by atoms with Crippen LogP contribution >= 0.6 is 11.6 Å². The second kappa shape index (κ2) is 12.7. The molecule has 9 heteroatoms. The minimum Gasteiger partial charge on any atom is -0.495 e. The van der Waals surface area contributed by atoms with Gasteiger partial charge in [0, 0.05) is 38.8 Å². The zero-order valence-electron chi connectivity index (χ0n) is 22.9. The van der Waals surface area contributed by atoms with Gasteiger partial charge in [0.2, 0.25) is 0 Å². The molecule has 0 spiro atoms. The highest BCUT2D eigenvalue weighted by Crippen LogP contribution is 2.35. The van der Waals surface area contributed by atoms with E-state index < -0.39 is 16.8 Å².